The van der Waals surface area contributed by atoms with Crippen molar-refractivity contribution in [2.75, 3.05) is 23.1 Å². The summed E-state index contributed by atoms with van der Waals surface area (Å²) < 4.78 is -0.0325. The lowest BCUT2D eigenvalue weighted by Gasteiger charge is -2.15. The van der Waals surface area contributed by atoms with Gasteiger partial charge >= 0.3 is 0 Å². The summed E-state index contributed by atoms with van der Waals surface area (Å²) in [7, 11) is 0. The first-order chi connectivity index (χ1) is 15.0. The van der Waals surface area contributed by atoms with Crippen LogP contribution in [0.3, 0.4) is 0 Å². The van der Waals surface area contributed by atoms with Crippen LogP contribution in [0.4, 0.5) is 11.4 Å². The summed E-state index contributed by atoms with van der Waals surface area (Å²) in [5, 5.41) is 10.3. The average Bonchev–Trinajstić information content (AvgIpc) is 2.78. The molecular formula is C24H21IN2O2S2. The van der Waals surface area contributed by atoms with Crippen molar-refractivity contribution in [3.05, 3.63) is 94.5 Å². The maximum Gasteiger partial charge on any atom is 0.217 e. The summed E-state index contributed by atoms with van der Waals surface area (Å²) in [6.45, 7) is 0. The summed E-state index contributed by atoms with van der Waals surface area (Å²) in [5.41, 5.74) is 2.47. The van der Waals surface area contributed by atoms with E-state index in [9.17, 15) is 9.59 Å². The molecule has 0 fully saturated rings. The van der Waals surface area contributed by atoms with E-state index in [1.807, 2.05) is 79.2 Å². The number of anilines is 2. The lowest BCUT2D eigenvalue weighted by atomic mass is 10.1. The van der Waals surface area contributed by atoms with Crippen molar-refractivity contribution in [1.82, 2.24) is 0 Å². The van der Waals surface area contributed by atoms with Gasteiger partial charge in [0.25, 0.3) is 0 Å². The Balaban J connectivity index is 1.93. The molecule has 0 radical (unpaired) electrons. The summed E-state index contributed by atoms with van der Waals surface area (Å²) >= 11 is 4.73. The molecule has 0 aliphatic rings. The minimum Gasteiger partial charge on any atom is -0.350 e. The molecule has 0 atom stereocenters. The Morgan fingerprint density at radius 1 is 0.742 bits per heavy atom. The number of rotatable bonds is 9. The van der Waals surface area contributed by atoms with E-state index in [1.54, 1.807) is 34.7 Å². The molecule has 31 heavy (non-hydrogen) atoms. The normalized spacial score (nSPS) is 12.0. The first-order valence-electron chi connectivity index (χ1n) is 9.38. The predicted molar refractivity (Wildman–Crippen MR) is 144 cm³/mol. The Kier molecular flexibility index (Phi) is 8.62. The Bertz CT molecular complexity index is 1160. The van der Waals surface area contributed by atoms with E-state index in [0.717, 1.165) is 32.2 Å². The summed E-state index contributed by atoms with van der Waals surface area (Å²) in [5.74, 6) is -0.0433. The van der Waals surface area contributed by atoms with E-state index < -0.39 is 0 Å². The Hall–Kier alpha value is -2.23. The fourth-order valence-corrected chi connectivity index (χ4v) is 4.39. The van der Waals surface area contributed by atoms with Crippen molar-refractivity contribution in [3.8, 4) is 0 Å². The number of ketones is 1. The largest absolute Gasteiger partial charge is 0.350 e. The number of nitrogens with one attached hydrogen (secondary N) is 2. The van der Waals surface area contributed by atoms with Gasteiger partial charge in [0, 0.05) is 62.5 Å². The van der Waals surface area contributed by atoms with Crippen LogP contribution in [-0.2, 0) is 4.79 Å². The second kappa shape index (κ2) is 11.4. The number of carbonyl (C=O) groups is 2. The van der Waals surface area contributed by atoms with E-state index in [4.69, 9.17) is 0 Å². The van der Waals surface area contributed by atoms with Crippen molar-refractivity contribution in [1.29, 1.82) is 0 Å². The van der Waals surface area contributed by atoms with Crippen molar-refractivity contribution in [2.45, 2.75) is 0 Å². The highest BCUT2D eigenvalue weighted by atomic mass is 127. The molecule has 0 aliphatic heterocycles. The monoisotopic (exact) mass is 560 g/mol. The molecule has 0 bridgehead atoms. The van der Waals surface area contributed by atoms with E-state index in [2.05, 4.69) is 10.6 Å². The zero-order chi connectivity index (χ0) is 22.2. The van der Waals surface area contributed by atoms with Crippen LogP contribution in [0.5, 0.6) is 0 Å². The van der Waals surface area contributed by atoms with Crippen LogP contribution in [-0.4, -0.2) is 22.1 Å². The number of hydrogen-bond acceptors (Lipinski definition) is 6. The first kappa shape index (κ1) is 23.4. The number of thioether (sulfide) groups is 2. The highest BCUT2D eigenvalue weighted by molar-refractivity contribution is 14.1. The second-order valence-electron chi connectivity index (χ2n) is 6.42. The Labute approximate surface area is 204 Å². The number of carbonyl (C=O) groups excluding carboxylic acids is 2. The molecule has 0 aliphatic carbocycles. The van der Waals surface area contributed by atoms with E-state index in [1.165, 1.54) is 23.5 Å². The van der Waals surface area contributed by atoms with Gasteiger partial charge in [-0.05, 0) is 24.6 Å². The Morgan fingerprint density at radius 3 is 1.74 bits per heavy atom. The highest BCUT2D eigenvalue weighted by Crippen LogP contribution is 2.32. The molecule has 0 aromatic heterocycles. The third-order valence-electron chi connectivity index (χ3n) is 4.44. The van der Waals surface area contributed by atoms with E-state index in [0.29, 0.717) is 5.56 Å². The molecule has 2 N–H and O–H groups in total. The summed E-state index contributed by atoms with van der Waals surface area (Å²) in [4.78, 5) is 24.1. The van der Waals surface area contributed by atoms with Crippen molar-refractivity contribution in [2.24, 2.45) is 0 Å². The summed E-state index contributed by atoms with van der Waals surface area (Å²) in [6, 6.07) is 21.2. The molecule has 158 valence electrons. The average molecular weight is 560 g/mol. The highest BCUT2D eigenvalue weighted by Gasteiger charge is 2.09. The zero-order valence-electron chi connectivity index (χ0n) is 17.0. The lowest BCUT2D eigenvalue weighted by molar-refractivity contribution is -0.105. The molecule has 0 spiro atoms. The maximum atomic E-state index is 12.6. The van der Waals surface area contributed by atoms with Crippen LogP contribution in [0.15, 0.2) is 88.9 Å². The van der Waals surface area contributed by atoms with Crippen LogP contribution >= 0.6 is 46.1 Å². The molecule has 0 amide bonds. The van der Waals surface area contributed by atoms with Gasteiger partial charge in [0.1, 0.15) is 0 Å². The maximum absolute atomic E-state index is 12.6. The SMILES string of the molecule is CS/C(=C\C(=O)I)Nc1cccc2c(N/C(=C/C(=O)c3ccccc3)SC)cccc12. The third kappa shape index (κ3) is 6.38. The second-order valence-corrected chi connectivity index (χ2v) is 9.18. The molecule has 3 rings (SSSR count). The fourth-order valence-electron chi connectivity index (χ4n) is 2.99. The van der Waals surface area contributed by atoms with Gasteiger partial charge in [0.15, 0.2) is 5.78 Å². The number of fused-ring (bicyclic) bond motifs is 1. The van der Waals surface area contributed by atoms with Crippen LogP contribution in [0, 0.1) is 0 Å². The number of allylic oxidation sites excluding steroid dienone is 2. The number of halogens is 1. The van der Waals surface area contributed by atoms with Gasteiger partial charge in [-0.3, -0.25) is 9.59 Å². The van der Waals surface area contributed by atoms with Crippen molar-refractivity contribution >= 4 is 77.8 Å². The predicted octanol–water partition coefficient (Wildman–Crippen LogP) is 6.92. The molecular weight excluding hydrogens is 539 g/mol. The van der Waals surface area contributed by atoms with Crippen molar-refractivity contribution < 1.29 is 9.59 Å². The van der Waals surface area contributed by atoms with Crippen molar-refractivity contribution in [3.63, 3.8) is 0 Å². The first-order valence-corrected chi connectivity index (χ1v) is 12.9. The fraction of sp³-hybridized carbons (Fsp3) is 0.0833. The molecule has 0 heterocycles. The molecule has 0 unspecified atom stereocenters. The van der Waals surface area contributed by atoms with Crippen LogP contribution < -0.4 is 10.6 Å². The van der Waals surface area contributed by atoms with Crippen LogP contribution in [0.2, 0.25) is 0 Å². The zero-order valence-corrected chi connectivity index (χ0v) is 20.8. The van der Waals surface area contributed by atoms with Gasteiger partial charge in [-0.1, -0.05) is 54.6 Å². The number of hydrogen-bond donors (Lipinski definition) is 2. The smallest absolute Gasteiger partial charge is 0.217 e. The molecule has 3 aromatic rings. The molecule has 3 aromatic carbocycles. The van der Waals surface area contributed by atoms with Gasteiger partial charge in [-0.15, -0.1) is 23.5 Å². The molecule has 7 heteroatoms. The van der Waals surface area contributed by atoms with Gasteiger partial charge < -0.3 is 10.6 Å². The number of benzene rings is 3. The van der Waals surface area contributed by atoms with Gasteiger partial charge in [0.2, 0.25) is 3.79 Å². The standard InChI is InChI=1S/C24H21IN2O2S2/c1-30-23(14-21(28)16-8-4-3-5-9-16)26-19-12-6-11-18-17(19)10-7-13-20(18)27-24(31-2)15-22(25)29/h3-15,26-27H,1-2H3/b23-14-,24-15-. The molecule has 0 saturated heterocycles. The van der Waals surface area contributed by atoms with Gasteiger partial charge in [-0.25, -0.2) is 0 Å². The van der Waals surface area contributed by atoms with Gasteiger partial charge in [-0.2, -0.15) is 0 Å². The van der Waals surface area contributed by atoms with Crippen LogP contribution in [0.25, 0.3) is 10.8 Å². The quantitative estimate of drug-likeness (QED) is 0.128. The molecule has 0 saturated carbocycles. The van der Waals surface area contributed by atoms with Crippen LogP contribution in [0.1, 0.15) is 10.4 Å². The summed E-state index contributed by atoms with van der Waals surface area (Å²) in [6.07, 6.45) is 7.07. The molecule has 4 nitrogen and oxygen atoms in total. The van der Waals surface area contributed by atoms with E-state index >= 15 is 0 Å². The van der Waals surface area contributed by atoms with Gasteiger partial charge in [0.05, 0.1) is 10.1 Å². The third-order valence-corrected chi connectivity index (χ3v) is 6.07. The van der Waals surface area contributed by atoms with E-state index in [-0.39, 0.29) is 9.57 Å². The Morgan fingerprint density at radius 2 is 1.26 bits per heavy atom. The minimum atomic E-state index is -0.0433. The topological polar surface area (TPSA) is 58.2 Å². The minimum absolute atomic E-state index is 0.0325. The lowest BCUT2D eigenvalue weighted by Crippen LogP contribution is -2.02.